The number of nitrogens with zero attached hydrogens (tertiary/aromatic N) is 3. The van der Waals surface area contributed by atoms with Crippen molar-refractivity contribution in [3.8, 4) is 0 Å². The van der Waals surface area contributed by atoms with Crippen LogP contribution in [-0.2, 0) is 11.2 Å². The lowest BCUT2D eigenvalue weighted by molar-refractivity contribution is -0.120. The number of carbonyl (C=O) groups excluding carboxylic acids is 1. The molecule has 0 fully saturated rings. The molecule has 0 bridgehead atoms. The molecule has 126 valence electrons. The molecule has 24 heavy (non-hydrogen) atoms. The minimum atomic E-state index is -0.251. The Balaban J connectivity index is 1.76. The van der Waals surface area contributed by atoms with Crippen molar-refractivity contribution >= 4 is 16.8 Å². The monoisotopic (exact) mass is 327 g/mol. The van der Waals surface area contributed by atoms with Gasteiger partial charge in [-0.05, 0) is 24.0 Å². The third kappa shape index (κ3) is 3.79. The molecule has 2 aromatic heterocycles. The third-order valence-electron chi connectivity index (χ3n) is 3.74. The summed E-state index contributed by atoms with van der Waals surface area (Å²) in [5.74, 6) is 1.35. The Morgan fingerprint density at radius 2 is 2.21 bits per heavy atom. The molecule has 0 aliphatic carbocycles. The topological polar surface area (TPSA) is 96.7 Å². The average Bonchev–Trinajstić information content (AvgIpc) is 3.14. The molecule has 1 aromatic carbocycles. The van der Waals surface area contributed by atoms with Gasteiger partial charge in [0.05, 0.1) is 11.7 Å². The molecular formula is C17H21N5O2. The number of rotatable bonds is 6. The standard InChI is InChI=1S/C17H21N5O2/c1-10(2)6-15(19-11(3)23)17-20-16(22-24-17)8-12-4-5-13-9-18-21-14(13)7-12/h4-5,7,9-10,15H,6,8H2,1-3H3,(H,18,21)(H,19,23)/t15-/m0/s1. The highest BCUT2D eigenvalue weighted by Crippen LogP contribution is 2.21. The van der Waals surface area contributed by atoms with Gasteiger partial charge in [0.1, 0.15) is 6.04 Å². The highest BCUT2D eigenvalue weighted by molar-refractivity contribution is 5.78. The quantitative estimate of drug-likeness (QED) is 0.725. The molecule has 0 spiro atoms. The lowest BCUT2D eigenvalue weighted by atomic mass is 10.0. The zero-order chi connectivity index (χ0) is 17.1. The largest absolute Gasteiger partial charge is 0.345 e. The van der Waals surface area contributed by atoms with E-state index in [2.05, 4.69) is 39.5 Å². The van der Waals surface area contributed by atoms with E-state index in [1.54, 1.807) is 6.20 Å². The van der Waals surface area contributed by atoms with Crippen LogP contribution in [0.2, 0.25) is 0 Å². The SMILES string of the molecule is CC(=O)N[C@@H](CC(C)C)c1nc(Cc2ccc3cn[nH]c3c2)no1. The highest BCUT2D eigenvalue weighted by Gasteiger charge is 2.21. The minimum absolute atomic E-state index is 0.106. The second-order valence-electron chi connectivity index (χ2n) is 6.40. The van der Waals surface area contributed by atoms with Gasteiger partial charge < -0.3 is 9.84 Å². The third-order valence-corrected chi connectivity index (χ3v) is 3.74. The van der Waals surface area contributed by atoms with E-state index >= 15 is 0 Å². The van der Waals surface area contributed by atoms with Crippen molar-refractivity contribution in [2.75, 3.05) is 0 Å². The first-order chi connectivity index (χ1) is 11.5. The van der Waals surface area contributed by atoms with Gasteiger partial charge in [-0.2, -0.15) is 10.1 Å². The molecule has 0 aliphatic rings. The van der Waals surface area contributed by atoms with Crippen LogP contribution in [0.25, 0.3) is 10.9 Å². The first-order valence-corrected chi connectivity index (χ1v) is 8.03. The Morgan fingerprint density at radius 3 is 2.96 bits per heavy atom. The maximum absolute atomic E-state index is 11.4. The van der Waals surface area contributed by atoms with Crippen LogP contribution in [-0.4, -0.2) is 26.2 Å². The summed E-state index contributed by atoms with van der Waals surface area (Å²) in [5.41, 5.74) is 2.05. The second kappa shape index (κ2) is 6.82. The van der Waals surface area contributed by atoms with Gasteiger partial charge in [0.2, 0.25) is 11.8 Å². The lowest BCUT2D eigenvalue weighted by Gasteiger charge is -2.15. The molecular weight excluding hydrogens is 306 g/mol. The summed E-state index contributed by atoms with van der Waals surface area (Å²) < 4.78 is 5.38. The maximum atomic E-state index is 11.4. The van der Waals surface area contributed by atoms with E-state index in [9.17, 15) is 4.79 Å². The van der Waals surface area contributed by atoms with Crippen LogP contribution >= 0.6 is 0 Å². The fraction of sp³-hybridized carbons (Fsp3) is 0.412. The molecule has 0 unspecified atom stereocenters. The number of aromatic nitrogens is 4. The Kier molecular flexibility index (Phi) is 4.59. The van der Waals surface area contributed by atoms with Gasteiger partial charge in [-0.25, -0.2) is 0 Å². The molecule has 1 atom stereocenters. The molecule has 3 aromatic rings. The zero-order valence-electron chi connectivity index (χ0n) is 14.0. The molecule has 2 N–H and O–H groups in total. The molecule has 3 rings (SSSR count). The van der Waals surface area contributed by atoms with Crippen molar-refractivity contribution in [2.45, 2.75) is 39.7 Å². The Bertz CT molecular complexity index is 836. The number of aromatic amines is 1. The molecule has 0 saturated heterocycles. The zero-order valence-corrected chi connectivity index (χ0v) is 14.0. The summed E-state index contributed by atoms with van der Waals surface area (Å²) in [4.78, 5) is 15.9. The lowest BCUT2D eigenvalue weighted by Crippen LogP contribution is -2.27. The molecule has 1 amide bonds. The van der Waals surface area contributed by atoms with Crippen LogP contribution in [0, 0.1) is 5.92 Å². The van der Waals surface area contributed by atoms with Gasteiger partial charge in [-0.1, -0.05) is 31.1 Å². The van der Waals surface area contributed by atoms with Crippen molar-refractivity contribution in [1.29, 1.82) is 0 Å². The number of hydrogen-bond acceptors (Lipinski definition) is 5. The number of carbonyl (C=O) groups is 1. The number of hydrogen-bond donors (Lipinski definition) is 2. The normalized spacial score (nSPS) is 12.7. The second-order valence-corrected chi connectivity index (χ2v) is 6.40. The average molecular weight is 327 g/mol. The maximum Gasteiger partial charge on any atom is 0.249 e. The van der Waals surface area contributed by atoms with E-state index in [-0.39, 0.29) is 11.9 Å². The first kappa shape index (κ1) is 16.2. The summed E-state index contributed by atoms with van der Waals surface area (Å²) in [6, 6.07) is 5.80. The molecule has 7 nitrogen and oxygen atoms in total. The van der Waals surface area contributed by atoms with E-state index in [0.717, 1.165) is 22.9 Å². The van der Waals surface area contributed by atoms with Crippen molar-refractivity contribution in [3.63, 3.8) is 0 Å². The Labute approximate surface area is 139 Å². The van der Waals surface area contributed by atoms with Gasteiger partial charge in [0.25, 0.3) is 0 Å². The van der Waals surface area contributed by atoms with Gasteiger partial charge in [0, 0.05) is 18.7 Å². The van der Waals surface area contributed by atoms with Gasteiger partial charge in [0.15, 0.2) is 5.82 Å². The van der Waals surface area contributed by atoms with E-state index in [1.165, 1.54) is 6.92 Å². The van der Waals surface area contributed by atoms with Gasteiger partial charge in [-0.3, -0.25) is 9.89 Å². The number of amides is 1. The summed E-state index contributed by atoms with van der Waals surface area (Å²) in [6.07, 6.45) is 3.10. The van der Waals surface area contributed by atoms with Crippen molar-refractivity contribution in [2.24, 2.45) is 5.92 Å². The highest BCUT2D eigenvalue weighted by atomic mass is 16.5. The number of nitrogens with one attached hydrogen (secondary N) is 2. The molecule has 7 heteroatoms. The van der Waals surface area contributed by atoms with E-state index < -0.39 is 0 Å². The fourth-order valence-corrected chi connectivity index (χ4v) is 2.70. The van der Waals surface area contributed by atoms with Crippen molar-refractivity contribution in [1.82, 2.24) is 25.7 Å². The minimum Gasteiger partial charge on any atom is -0.345 e. The predicted molar refractivity (Wildman–Crippen MR) is 89.2 cm³/mol. The van der Waals surface area contributed by atoms with E-state index in [0.29, 0.717) is 24.1 Å². The summed E-state index contributed by atoms with van der Waals surface area (Å²) in [7, 11) is 0. The molecule has 2 heterocycles. The van der Waals surface area contributed by atoms with E-state index in [4.69, 9.17) is 4.52 Å². The number of fused-ring (bicyclic) bond motifs is 1. The smallest absolute Gasteiger partial charge is 0.249 e. The summed E-state index contributed by atoms with van der Waals surface area (Å²) in [5, 5.41) is 15.0. The van der Waals surface area contributed by atoms with Crippen LogP contribution in [0.15, 0.2) is 28.9 Å². The van der Waals surface area contributed by atoms with Gasteiger partial charge >= 0.3 is 0 Å². The summed E-state index contributed by atoms with van der Waals surface area (Å²) in [6.45, 7) is 5.67. The molecule has 0 saturated carbocycles. The van der Waals surface area contributed by atoms with Crippen LogP contribution < -0.4 is 5.32 Å². The Hall–Kier alpha value is -2.70. The van der Waals surface area contributed by atoms with Crippen molar-refractivity contribution in [3.05, 3.63) is 41.7 Å². The first-order valence-electron chi connectivity index (χ1n) is 8.03. The van der Waals surface area contributed by atoms with Crippen molar-refractivity contribution < 1.29 is 9.32 Å². The number of benzene rings is 1. The van der Waals surface area contributed by atoms with Crippen LogP contribution in [0.5, 0.6) is 0 Å². The molecule has 0 radical (unpaired) electrons. The number of H-pyrrole nitrogens is 1. The van der Waals surface area contributed by atoms with Gasteiger partial charge in [-0.15, -0.1) is 0 Å². The van der Waals surface area contributed by atoms with Crippen LogP contribution in [0.4, 0.5) is 0 Å². The summed E-state index contributed by atoms with van der Waals surface area (Å²) >= 11 is 0. The fourth-order valence-electron chi connectivity index (χ4n) is 2.70. The van der Waals surface area contributed by atoms with Crippen LogP contribution in [0.3, 0.4) is 0 Å². The van der Waals surface area contributed by atoms with Crippen LogP contribution in [0.1, 0.15) is 50.5 Å². The van der Waals surface area contributed by atoms with E-state index in [1.807, 2.05) is 18.2 Å². The Morgan fingerprint density at radius 1 is 1.38 bits per heavy atom. The molecule has 0 aliphatic heterocycles. The predicted octanol–water partition coefficient (Wildman–Crippen LogP) is 2.76.